The Bertz CT molecular complexity index is 1280. The molecule has 5 heteroatoms. The van der Waals surface area contributed by atoms with Gasteiger partial charge in [-0.25, -0.2) is 9.97 Å². The summed E-state index contributed by atoms with van der Waals surface area (Å²) in [6.45, 7) is 4.21. The highest BCUT2D eigenvalue weighted by atomic mass is 16.5. The Morgan fingerprint density at radius 3 is 2.28 bits per heavy atom. The second-order valence-corrected chi connectivity index (χ2v) is 7.00. The average molecular weight is 382 g/mol. The molecule has 3 aromatic rings. The third kappa shape index (κ3) is 3.52. The Balaban J connectivity index is 1.77. The number of rotatable bonds is 4. The van der Waals surface area contributed by atoms with E-state index in [1.54, 1.807) is 0 Å². The van der Waals surface area contributed by atoms with E-state index >= 15 is 0 Å². The van der Waals surface area contributed by atoms with E-state index in [1.807, 2.05) is 37.3 Å². The molecule has 0 saturated heterocycles. The molecule has 2 aliphatic rings. The zero-order valence-corrected chi connectivity index (χ0v) is 16.3. The first-order valence-corrected chi connectivity index (χ1v) is 9.91. The zero-order valence-electron chi connectivity index (χ0n) is 16.3. The van der Waals surface area contributed by atoms with Gasteiger partial charge in [0.05, 0.1) is 40.4 Å². The number of nitrogens with one attached hydrogen (secondary N) is 1. The molecule has 0 fully saturated rings. The number of hydrogen-bond acceptors (Lipinski definition) is 3. The van der Waals surface area contributed by atoms with Gasteiger partial charge in [0.15, 0.2) is 0 Å². The summed E-state index contributed by atoms with van der Waals surface area (Å²) < 4.78 is 7.90. The van der Waals surface area contributed by atoms with E-state index in [1.165, 1.54) is 0 Å². The number of aromatic nitrogens is 4. The monoisotopic (exact) mass is 382 g/mol. The molecule has 29 heavy (non-hydrogen) atoms. The predicted molar refractivity (Wildman–Crippen MR) is 119 cm³/mol. The summed E-state index contributed by atoms with van der Waals surface area (Å²) in [5.41, 5.74) is 8.02. The van der Waals surface area contributed by atoms with Crippen LogP contribution in [0.3, 0.4) is 0 Å². The van der Waals surface area contributed by atoms with E-state index < -0.39 is 0 Å². The van der Waals surface area contributed by atoms with Crippen molar-refractivity contribution in [3.63, 3.8) is 0 Å². The van der Waals surface area contributed by atoms with Gasteiger partial charge in [0, 0.05) is 24.2 Å². The van der Waals surface area contributed by atoms with E-state index in [-0.39, 0.29) is 0 Å². The topological polar surface area (TPSA) is 55.7 Å². The maximum absolute atomic E-state index is 5.61. The van der Waals surface area contributed by atoms with Crippen LogP contribution in [0, 0.1) is 0 Å². The van der Waals surface area contributed by atoms with Crippen molar-refractivity contribution >= 4 is 46.4 Å². The van der Waals surface area contributed by atoms with Crippen LogP contribution in [0.15, 0.2) is 48.5 Å². The molecule has 0 aromatic carbocycles. The molecule has 2 aliphatic heterocycles. The van der Waals surface area contributed by atoms with Gasteiger partial charge in [0.1, 0.15) is 0 Å². The minimum atomic E-state index is 0.676. The Hall–Kier alpha value is -3.44. The molecule has 0 radical (unpaired) electrons. The van der Waals surface area contributed by atoms with Crippen LogP contribution in [-0.4, -0.2) is 32.7 Å². The quantitative estimate of drug-likeness (QED) is 0.437. The maximum atomic E-state index is 5.61. The first-order chi connectivity index (χ1) is 14.3. The summed E-state index contributed by atoms with van der Waals surface area (Å²) in [6, 6.07) is 16.7. The van der Waals surface area contributed by atoms with E-state index in [9.17, 15) is 0 Å². The van der Waals surface area contributed by atoms with Gasteiger partial charge in [-0.05, 0) is 79.8 Å². The van der Waals surface area contributed by atoms with Crippen LogP contribution in [0.2, 0.25) is 0 Å². The van der Waals surface area contributed by atoms with Crippen LogP contribution in [0.1, 0.15) is 29.7 Å². The Morgan fingerprint density at radius 2 is 1.52 bits per heavy atom. The maximum Gasteiger partial charge on any atom is 0.0894 e. The van der Waals surface area contributed by atoms with Crippen LogP contribution in [0.25, 0.3) is 46.4 Å². The number of ether oxygens (including phenoxy) is 1. The fraction of sp³-hybridized carbons (Fsp3) is 0.167. The molecule has 144 valence electrons. The lowest BCUT2D eigenvalue weighted by atomic mass is 10.3. The van der Waals surface area contributed by atoms with Crippen molar-refractivity contribution in [1.29, 1.82) is 0 Å². The van der Waals surface area contributed by atoms with Crippen molar-refractivity contribution in [1.82, 2.24) is 19.5 Å². The highest BCUT2D eigenvalue weighted by Crippen LogP contribution is 2.21. The largest absolute Gasteiger partial charge is 0.380 e. The van der Waals surface area contributed by atoms with Crippen molar-refractivity contribution in [2.45, 2.75) is 13.5 Å². The minimum absolute atomic E-state index is 0.676. The van der Waals surface area contributed by atoms with E-state index in [0.717, 1.165) is 58.0 Å². The molecule has 0 atom stereocenters. The third-order valence-electron chi connectivity index (χ3n) is 5.11. The van der Waals surface area contributed by atoms with Crippen LogP contribution in [0.4, 0.5) is 0 Å². The molecule has 5 heterocycles. The van der Waals surface area contributed by atoms with Crippen LogP contribution in [-0.2, 0) is 11.3 Å². The Labute approximate surface area is 169 Å². The Kier molecular flexibility index (Phi) is 4.58. The summed E-state index contributed by atoms with van der Waals surface area (Å²) >= 11 is 0. The van der Waals surface area contributed by atoms with Crippen LogP contribution in [0.5, 0.6) is 0 Å². The van der Waals surface area contributed by atoms with Crippen LogP contribution >= 0.6 is 0 Å². The summed E-state index contributed by atoms with van der Waals surface area (Å²) in [6.07, 6.45) is 8.07. The van der Waals surface area contributed by atoms with Gasteiger partial charge < -0.3 is 14.3 Å². The molecule has 8 bridgehead atoms. The zero-order chi connectivity index (χ0) is 19.6. The number of fused-ring (bicyclic) bond motifs is 10. The molecule has 1 N–H and O–H groups in total. The predicted octanol–water partition coefficient (Wildman–Crippen LogP) is 5.17. The number of hydrogen-bond donors (Lipinski definition) is 1. The second kappa shape index (κ2) is 7.53. The standard InChI is InChI=1S/C24H22N4O/c1-2-29-16-15-28-20-9-5-19-7-12-22(26-19)21-11-6-17(25-21)3-4-18-8-13-23(27-18)24(28)14-10-20/h3-14,27H,2,15-16H2,1H3. The van der Waals surface area contributed by atoms with Gasteiger partial charge in [-0.3, -0.25) is 0 Å². The van der Waals surface area contributed by atoms with Gasteiger partial charge in [0.2, 0.25) is 0 Å². The molecular formula is C24H22N4O. The molecule has 0 unspecified atom stereocenters. The fourth-order valence-corrected chi connectivity index (χ4v) is 3.65. The molecule has 0 aliphatic carbocycles. The highest BCUT2D eigenvalue weighted by Gasteiger charge is 2.07. The van der Waals surface area contributed by atoms with Gasteiger partial charge in [-0.1, -0.05) is 0 Å². The molecule has 0 amide bonds. The molecule has 3 aromatic heterocycles. The summed E-state index contributed by atoms with van der Waals surface area (Å²) in [5.74, 6) is 0. The highest BCUT2D eigenvalue weighted by molar-refractivity contribution is 5.82. The van der Waals surface area contributed by atoms with Gasteiger partial charge in [-0.15, -0.1) is 0 Å². The normalized spacial score (nSPS) is 12.6. The lowest BCUT2D eigenvalue weighted by Crippen LogP contribution is -2.05. The lowest BCUT2D eigenvalue weighted by Gasteiger charge is -2.06. The molecular weight excluding hydrogens is 360 g/mol. The minimum Gasteiger partial charge on any atom is -0.380 e. The molecule has 5 rings (SSSR count). The van der Waals surface area contributed by atoms with Gasteiger partial charge in [0.25, 0.3) is 0 Å². The fourth-order valence-electron chi connectivity index (χ4n) is 3.65. The van der Waals surface area contributed by atoms with Crippen molar-refractivity contribution in [2.24, 2.45) is 0 Å². The summed E-state index contributed by atoms with van der Waals surface area (Å²) in [4.78, 5) is 12.9. The Morgan fingerprint density at radius 1 is 0.828 bits per heavy atom. The van der Waals surface area contributed by atoms with Gasteiger partial charge >= 0.3 is 0 Å². The molecule has 5 nitrogen and oxygen atoms in total. The van der Waals surface area contributed by atoms with Crippen molar-refractivity contribution < 1.29 is 4.74 Å². The van der Waals surface area contributed by atoms with Crippen LogP contribution < -0.4 is 0 Å². The molecule has 0 spiro atoms. The van der Waals surface area contributed by atoms with Gasteiger partial charge in [-0.2, -0.15) is 0 Å². The van der Waals surface area contributed by atoms with Crippen molar-refractivity contribution in [3.05, 3.63) is 71.3 Å². The third-order valence-corrected chi connectivity index (χ3v) is 5.11. The van der Waals surface area contributed by atoms with E-state index in [2.05, 4.69) is 57.0 Å². The smallest absolute Gasteiger partial charge is 0.0894 e. The lowest BCUT2D eigenvalue weighted by molar-refractivity contribution is 0.140. The SMILES string of the molecule is CCOCCn1c2ccc3nc(c4nc(ccc5ccc([nH]5)c1cc2)C=C4)C=C3. The molecule has 0 saturated carbocycles. The van der Waals surface area contributed by atoms with E-state index in [0.29, 0.717) is 6.61 Å². The average Bonchev–Trinajstić information content (AvgIpc) is 3.50. The second-order valence-electron chi connectivity index (χ2n) is 7.00. The summed E-state index contributed by atoms with van der Waals surface area (Å²) in [5, 5.41) is 0. The first kappa shape index (κ1) is 17.6. The number of H-pyrrole nitrogens is 1. The first-order valence-electron chi connectivity index (χ1n) is 9.91. The van der Waals surface area contributed by atoms with Crippen molar-refractivity contribution in [2.75, 3.05) is 13.2 Å². The number of aromatic amines is 1. The number of nitrogens with zero attached hydrogens (tertiary/aromatic N) is 3. The van der Waals surface area contributed by atoms with Crippen molar-refractivity contribution in [3.8, 4) is 0 Å². The summed E-state index contributed by atoms with van der Waals surface area (Å²) in [7, 11) is 0. The van der Waals surface area contributed by atoms with E-state index in [4.69, 9.17) is 9.72 Å².